The molecular formula is C15H30N3. The van der Waals surface area contributed by atoms with Gasteiger partial charge in [-0.3, -0.25) is 9.80 Å². The lowest BCUT2D eigenvalue weighted by Crippen LogP contribution is -2.52. The van der Waals surface area contributed by atoms with Gasteiger partial charge < -0.3 is 0 Å². The molecular weight excluding hydrogens is 222 g/mol. The Hall–Kier alpha value is -0.590. The lowest BCUT2D eigenvalue weighted by Gasteiger charge is -2.45. The van der Waals surface area contributed by atoms with E-state index in [0.717, 1.165) is 6.17 Å². The van der Waals surface area contributed by atoms with Crippen LogP contribution in [-0.2, 0) is 0 Å². The van der Waals surface area contributed by atoms with E-state index in [1.54, 1.807) is 0 Å². The van der Waals surface area contributed by atoms with E-state index in [0.29, 0.717) is 30.6 Å². The second-order valence-corrected chi connectivity index (χ2v) is 5.94. The van der Waals surface area contributed by atoms with Crippen molar-refractivity contribution in [2.24, 2.45) is 0 Å². The number of hydrogen-bond donors (Lipinski definition) is 0. The maximum absolute atomic E-state index is 9.14. The Morgan fingerprint density at radius 1 is 0.778 bits per heavy atom. The molecule has 0 aromatic carbocycles. The fourth-order valence-electron chi connectivity index (χ4n) is 2.77. The van der Waals surface area contributed by atoms with E-state index in [-0.39, 0.29) is 0 Å². The Morgan fingerprint density at radius 2 is 1.06 bits per heavy atom. The Morgan fingerprint density at radius 3 is 1.22 bits per heavy atom. The van der Waals surface area contributed by atoms with Crippen LogP contribution in [0.2, 0.25) is 0 Å². The van der Waals surface area contributed by atoms with Gasteiger partial charge in [-0.2, -0.15) is 5.26 Å². The minimum absolute atomic E-state index is 0.411. The molecule has 0 aromatic rings. The summed E-state index contributed by atoms with van der Waals surface area (Å²) in [5.41, 5.74) is 0. The molecule has 0 aliphatic carbocycles. The third-order valence-electron chi connectivity index (χ3n) is 3.06. The first-order valence-electron chi connectivity index (χ1n) is 7.03. The summed E-state index contributed by atoms with van der Waals surface area (Å²) in [4.78, 5) is 4.73. The molecule has 0 aliphatic rings. The zero-order chi connectivity index (χ0) is 14.5. The summed E-state index contributed by atoms with van der Waals surface area (Å²) in [7, 11) is 0. The molecule has 0 aliphatic heterocycles. The first kappa shape index (κ1) is 17.4. The van der Waals surface area contributed by atoms with E-state index in [1.807, 2.05) is 0 Å². The zero-order valence-corrected chi connectivity index (χ0v) is 13.4. The molecule has 0 saturated heterocycles. The van der Waals surface area contributed by atoms with E-state index in [9.17, 15) is 0 Å². The number of nitriles is 1. The van der Waals surface area contributed by atoms with E-state index < -0.39 is 0 Å². The first-order valence-corrected chi connectivity index (χ1v) is 7.03. The van der Waals surface area contributed by atoms with Crippen LogP contribution in [0.3, 0.4) is 0 Å². The summed E-state index contributed by atoms with van der Waals surface area (Å²) < 4.78 is 0. The smallest absolute Gasteiger partial charge is 0.122 e. The van der Waals surface area contributed by atoms with Gasteiger partial charge in [-0.05, 0) is 55.4 Å². The first-order chi connectivity index (χ1) is 8.23. The van der Waals surface area contributed by atoms with Gasteiger partial charge in [-0.15, -0.1) is 0 Å². The molecule has 105 valence electrons. The Balaban J connectivity index is 5.30. The second-order valence-electron chi connectivity index (χ2n) is 5.94. The van der Waals surface area contributed by atoms with Gasteiger partial charge in [0.1, 0.15) is 6.17 Å². The van der Waals surface area contributed by atoms with Crippen molar-refractivity contribution in [1.82, 2.24) is 9.80 Å². The van der Waals surface area contributed by atoms with Gasteiger partial charge in [0.2, 0.25) is 0 Å². The van der Waals surface area contributed by atoms with Gasteiger partial charge in [0.05, 0.1) is 12.5 Å². The highest BCUT2D eigenvalue weighted by molar-refractivity contribution is 5.01. The molecule has 0 atom stereocenters. The summed E-state index contributed by atoms with van der Waals surface area (Å²) >= 11 is 0. The average Bonchev–Trinajstić information content (AvgIpc) is 2.14. The standard InChI is InChI=1S/C15H30N3/c1-11(2)17(12(3)4)15(9-10-16)18(13(5)6)14(7)8/h11-14H,9H2,1-8H3. The van der Waals surface area contributed by atoms with Crippen LogP contribution in [0.25, 0.3) is 0 Å². The SMILES string of the molecule is CC(C)N([C](CC#N)N(C(C)C)C(C)C)C(C)C. The highest BCUT2D eigenvalue weighted by atomic mass is 15.4. The summed E-state index contributed by atoms with van der Waals surface area (Å²) in [6.45, 7) is 17.5. The third-order valence-corrected chi connectivity index (χ3v) is 3.06. The fourth-order valence-corrected chi connectivity index (χ4v) is 2.77. The largest absolute Gasteiger partial charge is 0.277 e. The average molecular weight is 252 g/mol. The Bertz CT molecular complexity index is 227. The lowest BCUT2D eigenvalue weighted by atomic mass is 10.1. The molecule has 3 nitrogen and oxygen atoms in total. The predicted molar refractivity (Wildman–Crippen MR) is 77.7 cm³/mol. The molecule has 0 unspecified atom stereocenters. The van der Waals surface area contributed by atoms with Crippen LogP contribution in [0.4, 0.5) is 0 Å². The molecule has 0 saturated carbocycles. The third kappa shape index (κ3) is 4.59. The molecule has 0 aromatic heterocycles. The summed E-state index contributed by atoms with van der Waals surface area (Å²) in [6, 6.07) is 3.97. The van der Waals surface area contributed by atoms with Crippen LogP contribution in [0.15, 0.2) is 0 Å². The summed E-state index contributed by atoms with van der Waals surface area (Å²) in [5, 5.41) is 9.14. The molecule has 3 heteroatoms. The minimum atomic E-state index is 0.411. The maximum Gasteiger partial charge on any atom is 0.122 e. The van der Waals surface area contributed by atoms with Crippen LogP contribution in [0.5, 0.6) is 0 Å². The molecule has 0 spiro atoms. The minimum Gasteiger partial charge on any atom is -0.277 e. The normalized spacial score (nSPS) is 12.8. The van der Waals surface area contributed by atoms with Gasteiger partial charge in [0.25, 0.3) is 0 Å². The maximum atomic E-state index is 9.14. The monoisotopic (exact) mass is 252 g/mol. The zero-order valence-electron chi connectivity index (χ0n) is 13.4. The quantitative estimate of drug-likeness (QED) is 0.693. The van der Waals surface area contributed by atoms with Gasteiger partial charge in [0.15, 0.2) is 0 Å². The molecule has 0 fully saturated rings. The summed E-state index contributed by atoms with van der Waals surface area (Å²) in [6.07, 6.45) is 1.64. The molecule has 1 radical (unpaired) electrons. The van der Waals surface area contributed by atoms with Gasteiger partial charge in [-0.25, -0.2) is 0 Å². The summed E-state index contributed by atoms with van der Waals surface area (Å²) in [5.74, 6) is 0. The van der Waals surface area contributed by atoms with Gasteiger partial charge >= 0.3 is 0 Å². The Kier molecular flexibility index (Phi) is 7.51. The lowest BCUT2D eigenvalue weighted by molar-refractivity contribution is 0.0446. The van der Waals surface area contributed by atoms with E-state index in [1.165, 1.54) is 0 Å². The van der Waals surface area contributed by atoms with E-state index in [2.05, 4.69) is 71.3 Å². The van der Waals surface area contributed by atoms with Crippen molar-refractivity contribution in [3.05, 3.63) is 6.17 Å². The van der Waals surface area contributed by atoms with Crippen LogP contribution < -0.4 is 0 Å². The van der Waals surface area contributed by atoms with Crippen molar-refractivity contribution in [2.75, 3.05) is 0 Å². The molecule has 0 bridgehead atoms. The molecule has 0 amide bonds. The fraction of sp³-hybridized carbons (Fsp3) is 0.867. The molecule has 0 N–H and O–H groups in total. The number of hydrogen-bond acceptors (Lipinski definition) is 3. The predicted octanol–water partition coefficient (Wildman–Crippen LogP) is 3.63. The van der Waals surface area contributed by atoms with Crippen molar-refractivity contribution in [3.8, 4) is 6.07 Å². The van der Waals surface area contributed by atoms with Crippen molar-refractivity contribution < 1.29 is 0 Å². The molecule has 18 heavy (non-hydrogen) atoms. The number of rotatable bonds is 7. The van der Waals surface area contributed by atoms with Gasteiger partial charge in [-0.1, -0.05) is 0 Å². The van der Waals surface area contributed by atoms with E-state index >= 15 is 0 Å². The van der Waals surface area contributed by atoms with Crippen LogP contribution in [-0.4, -0.2) is 34.0 Å². The van der Waals surface area contributed by atoms with Crippen molar-refractivity contribution >= 4 is 0 Å². The van der Waals surface area contributed by atoms with Crippen LogP contribution in [0, 0.1) is 17.5 Å². The number of nitrogens with zero attached hydrogens (tertiary/aromatic N) is 3. The van der Waals surface area contributed by atoms with Crippen LogP contribution >= 0.6 is 0 Å². The van der Waals surface area contributed by atoms with E-state index in [4.69, 9.17) is 5.26 Å². The van der Waals surface area contributed by atoms with Crippen molar-refractivity contribution in [1.29, 1.82) is 5.26 Å². The second kappa shape index (κ2) is 7.76. The van der Waals surface area contributed by atoms with Crippen LogP contribution in [0.1, 0.15) is 61.8 Å². The topological polar surface area (TPSA) is 30.3 Å². The molecule has 0 rings (SSSR count). The van der Waals surface area contributed by atoms with Crippen molar-refractivity contribution in [3.63, 3.8) is 0 Å². The highest BCUT2D eigenvalue weighted by Gasteiger charge is 2.33. The Labute approximate surface area is 114 Å². The van der Waals surface area contributed by atoms with Crippen molar-refractivity contribution in [2.45, 2.75) is 86.0 Å². The van der Waals surface area contributed by atoms with Gasteiger partial charge in [0, 0.05) is 24.2 Å². The highest BCUT2D eigenvalue weighted by Crippen LogP contribution is 2.27. The molecule has 0 heterocycles.